The van der Waals surface area contributed by atoms with Gasteiger partial charge in [-0.1, -0.05) is 36.4 Å². The molecule has 1 heterocycles. The highest BCUT2D eigenvalue weighted by Gasteiger charge is 2.19. The maximum absolute atomic E-state index is 10.3. The molecule has 1 aliphatic heterocycles. The van der Waals surface area contributed by atoms with E-state index in [0.29, 0.717) is 6.54 Å². The maximum atomic E-state index is 10.3. The largest absolute Gasteiger partial charge is 0.497 e. The number of aliphatic hydroxyl groups excluding tert-OH is 1. The van der Waals surface area contributed by atoms with E-state index in [1.165, 1.54) is 5.56 Å². The second kappa shape index (κ2) is 12.9. The number of hydrogen-bond acceptors (Lipinski definition) is 5. The van der Waals surface area contributed by atoms with Crippen molar-refractivity contribution in [1.82, 2.24) is 9.80 Å². The Balaban J connectivity index is 0.00000196. The number of methoxy groups -OCH3 is 1. The molecule has 1 atom stereocenters. The second-order valence-electron chi connectivity index (χ2n) is 6.71. The van der Waals surface area contributed by atoms with Crippen LogP contribution in [-0.4, -0.2) is 67.5 Å². The van der Waals surface area contributed by atoms with Crippen LogP contribution in [0, 0.1) is 0 Å². The standard InChI is InChI=1S/C21H28N2O3.2ClH/c1-25-20-8-5-9-21(14-20)26-17-19(24)16-23-12-10-22(11-13-23)15-18-6-3-2-4-7-18;;/h2-9,14,19,24H,10-13,15-17H2,1H3;2*1H. The Morgan fingerprint density at radius 1 is 0.893 bits per heavy atom. The molecule has 2 aromatic rings. The molecule has 0 aliphatic carbocycles. The van der Waals surface area contributed by atoms with E-state index in [1.54, 1.807) is 7.11 Å². The van der Waals surface area contributed by atoms with Crippen molar-refractivity contribution < 1.29 is 14.6 Å². The molecule has 5 nitrogen and oxygen atoms in total. The van der Waals surface area contributed by atoms with E-state index >= 15 is 0 Å². The molecule has 2 aromatic carbocycles. The maximum Gasteiger partial charge on any atom is 0.123 e. The number of β-amino-alcohol motifs (C(OH)–C–C–N with tert-alkyl or cyclic N) is 1. The summed E-state index contributed by atoms with van der Waals surface area (Å²) < 4.78 is 10.9. The van der Waals surface area contributed by atoms with Crippen molar-refractivity contribution in [3.8, 4) is 11.5 Å². The quantitative estimate of drug-likeness (QED) is 0.699. The monoisotopic (exact) mass is 428 g/mol. The Bertz CT molecular complexity index is 668. The minimum Gasteiger partial charge on any atom is -0.497 e. The first-order valence-corrected chi connectivity index (χ1v) is 9.16. The highest BCUT2D eigenvalue weighted by atomic mass is 35.5. The summed E-state index contributed by atoms with van der Waals surface area (Å²) in [5, 5.41) is 10.3. The van der Waals surface area contributed by atoms with Crippen LogP contribution < -0.4 is 9.47 Å². The second-order valence-corrected chi connectivity index (χ2v) is 6.71. The number of benzene rings is 2. The summed E-state index contributed by atoms with van der Waals surface area (Å²) in [6, 6.07) is 18.0. The van der Waals surface area contributed by atoms with Crippen molar-refractivity contribution in [2.75, 3.05) is 46.4 Å². The predicted octanol–water partition coefficient (Wildman–Crippen LogP) is 3.10. The van der Waals surface area contributed by atoms with Gasteiger partial charge in [0.15, 0.2) is 0 Å². The number of piperazine rings is 1. The third-order valence-corrected chi connectivity index (χ3v) is 4.67. The first-order valence-electron chi connectivity index (χ1n) is 9.16. The number of nitrogens with zero attached hydrogens (tertiary/aromatic N) is 2. The van der Waals surface area contributed by atoms with Crippen molar-refractivity contribution in [2.24, 2.45) is 0 Å². The fourth-order valence-electron chi connectivity index (χ4n) is 3.21. The minimum atomic E-state index is -0.498. The summed E-state index contributed by atoms with van der Waals surface area (Å²) in [4.78, 5) is 4.77. The number of ether oxygens (including phenoxy) is 2. The Hall–Kier alpha value is -1.50. The zero-order valence-corrected chi connectivity index (χ0v) is 17.8. The van der Waals surface area contributed by atoms with Gasteiger partial charge in [0.1, 0.15) is 24.2 Å². The van der Waals surface area contributed by atoms with Crippen molar-refractivity contribution >= 4 is 24.8 Å². The molecule has 1 aliphatic rings. The van der Waals surface area contributed by atoms with Crippen LogP contribution in [0.1, 0.15) is 5.56 Å². The first kappa shape index (κ1) is 24.5. The van der Waals surface area contributed by atoms with Gasteiger partial charge in [-0.2, -0.15) is 0 Å². The molecule has 1 saturated heterocycles. The first-order chi connectivity index (χ1) is 12.7. The van der Waals surface area contributed by atoms with Crippen LogP contribution in [0.2, 0.25) is 0 Å². The molecule has 0 radical (unpaired) electrons. The molecule has 156 valence electrons. The Labute approximate surface area is 180 Å². The summed E-state index contributed by atoms with van der Waals surface area (Å²) in [6.45, 7) is 5.93. The van der Waals surface area contributed by atoms with E-state index in [2.05, 4.69) is 40.1 Å². The molecule has 7 heteroatoms. The SMILES string of the molecule is COc1cccc(OCC(O)CN2CCN(Cc3ccccc3)CC2)c1.Cl.Cl. The number of halogens is 2. The predicted molar refractivity (Wildman–Crippen MR) is 117 cm³/mol. The van der Waals surface area contributed by atoms with E-state index in [1.807, 2.05) is 24.3 Å². The third-order valence-electron chi connectivity index (χ3n) is 4.67. The summed E-state index contributed by atoms with van der Waals surface area (Å²) >= 11 is 0. The van der Waals surface area contributed by atoms with Gasteiger partial charge in [-0.25, -0.2) is 0 Å². The normalized spacial score (nSPS) is 15.8. The Morgan fingerprint density at radius 3 is 2.21 bits per heavy atom. The summed E-state index contributed by atoms with van der Waals surface area (Å²) in [5.41, 5.74) is 1.35. The van der Waals surface area contributed by atoms with Gasteiger partial charge in [-0.3, -0.25) is 9.80 Å². The van der Waals surface area contributed by atoms with Gasteiger partial charge in [0.25, 0.3) is 0 Å². The molecule has 3 rings (SSSR count). The topological polar surface area (TPSA) is 45.2 Å². The Kier molecular flexibility index (Phi) is 11.3. The Morgan fingerprint density at radius 2 is 1.54 bits per heavy atom. The lowest BCUT2D eigenvalue weighted by molar-refractivity contribution is 0.0446. The van der Waals surface area contributed by atoms with Gasteiger partial charge in [-0.05, 0) is 17.7 Å². The van der Waals surface area contributed by atoms with Crippen LogP contribution in [0.5, 0.6) is 11.5 Å². The van der Waals surface area contributed by atoms with Crippen LogP contribution in [0.25, 0.3) is 0 Å². The van der Waals surface area contributed by atoms with Gasteiger partial charge in [-0.15, -0.1) is 24.8 Å². The average Bonchev–Trinajstić information content (AvgIpc) is 2.69. The van der Waals surface area contributed by atoms with Crippen molar-refractivity contribution in [2.45, 2.75) is 12.6 Å². The summed E-state index contributed by atoms with van der Waals surface area (Å²) in [5.74, 6) is 1.47. The molecule has 1 unspecified atom stereocenters. The van der Waals surface area contributed by atoms with E-state index in [4.69, 9.17) is 9.47 Å². The average molecular weight is 429 g/mol. The number of rotatable bonds is 8. The molecular formula is C21H30Cl2N2O3. The third kappa shape index (κ3) is 7.86. The van der Waals surface area contributed by atoms with Crippen molar-refractivity contribution in [3.63, 3.8) is 0 Å². The van der Waals surface area contributed by atoms with Gasteiger partial charge >= 0.3 is 0 Å². The molecular weight excluding hydrogens is 399 g/mol. The van der Waals surface area contributed by atoms with Crippen LogP contribution in [-0.2, 0) is 6.54 Å². The molecule has 0 aromatic heterocycles. The molecule has 1 N–H and O–H groups in total. The fraction of sp³-hybridized carbons (Fsp3) is 0.429. The highest BCUT2D eigenvalue weighted by molar-refractivity contribution is 5.85. The van der Waals surface area contributed by atoms with E-state index in [9.17, 15) is 5.11 Å². The fourth-order valence-corrected chi connectivity index (χ4v) is 3.21. The summed E-state index contributed by atoms with van der Waals surface area (Å²) in [7, 11) is 1.63. The van der Waals surface area contributed by atoms with Crippen LogP contribution in [0.3, 0.4) is 0 Å². The molecule has 1 fully saturated rings. The van der Waals surface area contributed by atoms with E-state index in [-0.39, 0.29) is 31.4 Å². The minimum absolute atomic E-state index is 0. The smallest absolute Gasteiger partial charge is 0.123 e. The van der Waals surface area contributed by atoms with Gasteiger partial charge < -0.3 is 14.6 Å². The lowest BCUT2D eigenvalue weighted by Crippen LogP contribution is -2.48. The van der Waals surface area contributed by atoms with E-state index < -0.39 is 6.10 Å². The lowest BCUT2D eigenvalue weighted by atomic mass is 10.2. The van der Waals surface area contributed by atoms with Crippen LogP contribution in [0.15, 0.2) is 54.6 Å². The highest BCUT2D eigenvalue weighted by Crippen LogP contribution is 2.19. The van der Waals surface area contributed by atoms with Crippen molar-refractivity contribution in [1.29, 1.82) is 0 Å². The number of aliphatic hydroxyl groups is 1. The molecule has 0 bridgehead atoms. The zero-order valence-electron chi connectivity index (χ0n) is 16.2. The molecule has 0 amide bonds. The number of hydrogen-bond donors (Lipinski definition) is 1. The van der Waals surface area contributed by atoms with Gasteiger partial charge in [0.05, 0.1) is 7.11 Å². The van der Waals surface area contributed by atoms with Crippen LogP contribution >= 0.6 is 24.8 Å². The lowest BCUT2D eigenvalue weighted by Gasteiger charge is -2.35. The van der Waals surface area contributed by atoms with Gasteiger partial charge in [0, 0.05) is 45.3 Å². The molecule has 28 heavy (non-hydrogen) atoms. The molecule has 0 saturated carbocycles. The summed E-state index contributed by atoms with van der Waals surface area (Å²) in [6.07, 6.45) is -0.498. The van der Waals surface area contributed by atoms with Crippen LogP contribution in [0.4, 0.5) is 0 Å². The van der Waals surface area contributed by atoms with E-state index in [0.717, 1.165) is 44.2 Å². The van der Waals surface area contributed by atoms with Crippen molar-refractivity contribution in [3.05, 3.63) is 60.2 Å². The molecule has 0 spiro atoms. The van der Waals surface area contributed by atoms with Gasteiger partial charge in [0.2, 0.25) is 0 Å². The zero-order chi connectivity index (χ0) is 18.2.